The molecule has 0 aromatic heterocycles. The zero-order chi connectivity index (χ0) is 14.4. The maximum atomic E-state index is 12.9. The van der Waals surface area contributed by atoms with Crippen molar-refractivity contribution in [3.63, 3.8) is 0 Å². The van der Waals surface area contributed by atoms with Crippen molar-refractivity contribution in [1.29, 1.82) is 0 Å². The average molecular weight is 319 g/mol. The predicted octanol–water partition coefficient (Wildman–Crippen LogP) is 2.43. The lowest BCUT2D eigenvalue weighted by Crippen LogP contribution is -2.45. The van der Waals surface area contributed by atoms with Gasteiger partial charge in [-0.05, 0) is 24.1 Å². The van der Waals surface area contributed by atoms with E-state index in [2.05, 4.69) is 10.2 Å². The van der Waals surface area contributed by atoms with Gasteiger partial charge in [-0.3, -0.25) is 9.29 Å². The molecular weight excluding hydrogens is 295 g/mol. The second kappa shape index (κ2) is 9.07. The van der Waals surface area contributed by atoms with Gasteiger partial charge in [0.25, 0.3) is 0 Å². The van der Waals surface area contributed by atoms with Gasteiger partial charge in [0.2, 0.25) is 0 Å². The van der Waals surface area contributed by atoms with E-state index >= 15 is 0 Å². The fourth-order valence-corrected chi connectivity index (χ4v) is 2.72. The van der Waals surface area contributed by atoms with E-state index in [1.165, 1.54) is 0 Å². The van der Waals surface area contributed by atoms with Crippen LogP contribution in [0, 0.1) is 0 Å². The molecule has 4 nitrogen and oxygen atoms in total. The molecule has 0 unspecified atom stereocenters. The van der Waals surface area contributed by atoms with Crippen molar-refractivity contribution in [2.45, 2.75) is 12.5 Å². The van der Waals surface area contributed by atoms with E-state index in [4.69, 9.17) is 9.47 Å². The minimum absolute atomic E-state index is 0. The standard InChI is InChI=1S/C15H23FN2O2.ClH/c1-19-14-4-3-12(11-15(14)20-2)13(5-6-16)18-9-7-17-8-10-18;/h3-4,11,13,17H,5-10H2,1-2H3;1H/t13-;/m0./s1. The van der Waals surface area contributed by atoms with Crippen molar-refractivity contribution in [2.24, 2.45) is 0 Å². The van der Waals surface area contributed by atoms with Gasteiger partial charge >= 0.3 is 0 Å². The topological polar surface area (TPSA) is 33.7 Å². The van der Waals surface area contributed by atoms with Crippen LogP contribution in [-0.2, 0) is 0 Å². The number of rotatable bonds is 6. The Hall–Kier alpha value is -1.04. The summed E-state index contributed by atoms with van der Waals surface area (Å²) in [5, 5.41) is 3.32. The smallest absolute Gasteiger partial charge is 0.161 e. The van der Waals surface area contributed by atoms with Crippen LogP contribution in [-0.4, -0.2) is 52.0 Å². The minimum atomic E-state index is -0.317. The summed E-state index contributed by atoms with van der Waals surface area (Å²) < 4.78 is 23.5. The summed E-state index contributed by atoms with van der Waals surface area (Å²) >= 11 is 0. The normalized spacial score (nSPS) is 16.9. The highest BCUT2D eigenvalue weighted by molar-refractivity contribution is 5.85. The third-order valence-corrected chi connectivity index (χ3v) is 3.77. The minimum Gasteiger partial charge on any atom is -0.493 e. The molecule has 1 atom stereocenters. The van der Waals surface area contributed by atoms with Crippen molar-refractivity contribution in [1.82, 2.24) is 10.2 Å². The number of alkyl halides is 1. The molecule has 2 rings (SSSR count). The van der Waals surface area contributed by atoms with Gasteiger partial charge in [0.05, 0.1) is 20.9 Å². The van der Waals surface area contributed by atoms with E-state index < -0.39 is 0 Å². The molecule has 1 N–H and O–H groups in total. The SMILES string of the molecule is COc1ccc([C@H](CCF)N2CCNCC2)cc1OC.Cl. The number of methoxy groups -OCH3 is 2. The number of benzene rings is 1. The van der Waals surface area contributed by atoms with Gasteiger partial charge in [0.15, 0.2) is 11.5 Å². The van der Waals surface area contributed by atoms with Gasteiger partial charge in [-0.2, -0.15) is 0 Å². The largest absolute Gasteiger partial charge is 0.493 e. The van der Waals surface area contributed by atoms with Crippen molar-refractivity contribution < 1.29 is 13.9 Å². The van der Waals surface area contributed by atoms with Gasteiger partial charge in [-0.25, -0.2) is 0 Å². The van der Waals surface area contributed by atoms with E-state index in [-0.39, 0.29) is 25.1 Å². The summed E-state index contributed by atoms with van der Waals surface area (Å²) in [6.45, 7) is 3.48. The molecule has 0 bridgehead atoms. The highest BCUT2D eigenvalue weighted by Gasteiger charge is 2.23. The fourth-order valence-electron chi connectivity index (χ4n) is 2.72. The Labute approximate surface area is 132 Å². The summed E-state index contributed by atoms with van der Waals surface area (Å²) in [4.78, 5) is 2.33. The molecular formula is C15H24ClFN2O2. The number of halogens is 2. The third-order valence-electron chi connectivity index (χ3n) is 3.77. The number of ether oxygens (including phenoxy) is 2. The zero-order valence-corrected chi connectivity index (χ0v) is 13.4. The van der Waals surface area contributed by atoms with Crippen molar-refractivity contribution in [3.8, 4) is 11.5 Å². The van der Waals surface area contributed by atoms with E-state index in [9.17, 15) is 4.39 Å². The van der Waals surface area contributed by atoms with E-state index in [0.29, 0.717) is 17.9 Å². The molecule has 0 spiro atoms. The molecule has 1 aromatic rings. The first-order valence-corrected chi connectivity index (χ1v) is 7.02. The molecule has 21 heavy (non-hydrogen) atoms. The second-order valence-electron chi connectivity index (χ2n) is 4.89. The first kappa shape index (κ1) is 18.0. The van der Waals surface area contributed by atoms with Crippen LogP contribution in [0.2, 0.25) is 0 Å². The van der Waals surface area contributed by atoms with Gasteiger partial charge < -0.3 is 14.8 Å². The lowest BCUT2D eigenvalue weighted by molar-refractivity contribution is 0.157. The lowest BCUT2D eigenvalue weighted by Gasteiger charge is -2.35. The molecule has 1 heterocycles. The summed E-state index contributed by atoms with van der Waals surface area (Å²) in [5.74, 6) is 1.40. The Balaban J connectivity index is 0.00000220. The van der Waals surface area contributed by atoms with Crippen LogP contribution in [0.5, 0.6) is 11.5 Å². The summed E-state index contributed by atoms with van der Waals surface area (Å²) in [6, 6.07) is 5.95. The highest BCUT2D eigenvalue weighted by Crippen LogP contribution is 2.33. The van der Waals surface area contributed by atoms with Crippen LogP contribution < -0.4 is 14.8 Å². The first-order chi connectivity index (χ1) is 9.80. The molecule has 1 aliphatic rings. The Kier molecular flexibility index (Phi) is 7.78. The molecule has 1 saturated heterocycles. The van der Waals surface area contributed by atoms with Crippen LogP contribution in [0.3, 0.4) is 0 Å². The van der Waals surface area contributed by atoms with Crippen molar-refractivity contribution in [2.75, 3.05) is 47.1 Å². The number of hydrogen-bond donors (Lipinski definition) is 1. The monoisotopic (exact) mass is 318 g/mol. The molecule has 1 fully saturated rings. The Morgan fingerprint density at radius 3 is 2.43 bits per heavy atom. The zero-order valence-electron chi connectivity index (χ0n) is 12.6. The van der Waals surface area contributed by atoms with Crippen molar-refractivity contribution >= 4 is 12.4 Å². The number of piperazine rings is 1. The second-order valence-corrected chi connectivity index (χ2v) is 4.89. The Morgan fingerprint density at radius 2 is 1.86 bits per heavy atom. The summed E-state index contributed by atoms with van der Waals surface area (Å²) in [5.41, 5.74) is 1.09. The molecule has 0 aliphatic carbocycles. The maximum Gasteiger partial charge on any atom is 0.161 e. The van der Waals surface area contributed by atoms with Crippen LogP contribution in [0.4, 0.5) is 4.39 Å². The average Bonchev–Trinajstić information content (AvgIpc) is 2.52. The molecule has 0 amide bonds. The highest BCUT2D eigenvalue weighted by atomic mass is 35.5. The molecule has 6 heteroatoms. The van der Waals surface area contributed by atoms with E-state index in [1.54, 1.807) is 14.2 Å². The Morgan fingerprint density at radius 1 is 1.19 bits per heavy atom. The molecule has 0 radical (unpaired) electrons. The van der Waals surface area contributed by atoms with Crippen LogP contribution in [0.25, 0.3) is 0 Å². The number of hydrogen-bond acceptors (Lipinski definition) is 4. The summed E-state index contributed by atoms with van der Waals surface area (Å²) in [7, 11) is 3.24. The number of nitrogens with zero attached hydrogens (tertiary/aromatic N) is 1. The van der Waals surface area contributed by atoms with Gasteiger partial charge in [0, 0.05) is 32.2 Å². The fraction of sp³-hybridized carbons (Fsp3) is 0.600. The predicted molar refractivity (Wildman–Crippen MR) is 84.6 cm³/mol. The van der Waals surface area contributed by atoms with Gasteiger partial charge in [-0.1, -0.05) is 6.07 Å². The van der Waals surface area contributed by atoms with E-state index in [1.807, 2.05) is 18.2 Å². The van der Waals surface area contributed by atoms with E-state index in [0.717, 1.165) is 31.7 Å². The van der Waals surface area contributed by atoms with Gasteiger partial charge in [0.1, 0.15) is 0 Å². The molecule has 0 saturated carbocycles. The Bertz CT molecular complexity index is 428. The molecule has 1 aromatic carbocycles. The number of nitrogens with one attached hydrogen (secondary N) is 1. The summed E-state index contributed by atoms with van der Waals surface area (Å²) in [6.07, 6.45) is 0.509. The lowest BCUT2D eigenvalue weighted by atomic mass is 10.0. The van der Waals surface area contributed by atoms with Crippen LogP contribution >= 0.6 is 12.4 Å². The van der Waals surface area contributed by atoms with Crippen LogP contribution in [0.15, 0.2) is 18.2 Å². The first-order valence-electron chi connectivity index (χ1n) is 7.02. The van der Waals surface area contributed by atoms with Gasteiger partial charge in [-0.15, -0.1) is 12.4 Å². The maximum absolute atomic E-state index is 12.9. The third kappa shape index (κ3) is 4.46. The molecule has 120 valence electrons. The quantitative estimate of drug-likeness (QED) is 0.873. The van der Waals surface area contributed by atoms with Crippen molar-refractivity contribution in [3.05, 3.63) is 23.8 Å². The molecule has 1 aliphatic heterocycles. The van der Waals surface area contributed by atoms with Crippen LogP contribution in [0.1, 0.15) is 18.0 Å².